The lowest BCUT2D eigenvalue weighted by Crippen LogP contribution is -2.61. The fourth-order valence-electron chi connectivity index (χ4n) is 9.45. The SMILES string of the molecule is CCCNC(=O)CC[C@@H](C)C1CC[C@H]2[C@@H]3CC[C@]4(C)C[C@H](O)CC[C@]4(C)[C@H]3C[C@H](O)[C@]12C. The molecule has 4 fully saturated rings. The van der Waals surface area contributed by atoms with E-state index in [9.17, 15) is 15.0 Å². The van der Waals surface area contributed by atoms with Gasteiger partial charge in [-0.1, -0.05) is 34.6 Å². The second-order valence-corrected chi connectivity index (χ2v) is 13.0. The van der Waals surface area contributed by atoms with Gasteiger partial charge in [0.05, 0.1) is 12.2 Å². The summed E-state index contributed by atoms with van der Waals surface area (Å²) in [6, 6.07) is 0. The Bertz CT molecular complexity index is 696. The summed E-state index contributed by atoms with van der Waals surface area (Å²) in [6.45, 7) is 12.5. The van der Waals surface area contributed by atoms with Gasteiger partial charge in [0.2, 0.25) is 5.91 Å². The topological polar surface area (TPSA) is 69.6 Å². The van der Waals surface area contributed by atoms with Gasteiger partial charge in [0.1, 0.15) is 0 Å². The minimum atomic E-state index is -0.247. The molecule has 1 amide bonds. The van der Waals surface area contributed by atoms with Crippen molar-refractivity contribution in [1.29, 1.82) is 0 Å². The molecule has 0 heterocycles. The maximum Gasteiger partial charge on any atom is 0.220 e. The van der Waals surface area contributed by atoms with E-state index in [0.29, 0.717) is 36.0 Å². The van der Waals surface area contributed by atoms with Crippen LogP contribution in [-0.2, 0) is 4.79 Å². The van der Waals surface area contributed by atoms with Crippen LogP contribution < -0.4 is 5.32 Å². The van der Waals surface area contributed by atoms with Crippen molar-refractivity contribution in [2.75, 3.05) is 6.54 Å². The smallest absolute Gasteiger partial charge is 0.220 e. The highest BCUT2D eigenvalue weighted by Crippen LogP contribution is 2.71. The summed E-state index contributed by atoms with van der Waals surface area (Å²) in [7, 11) is 0. The number of amides is 1. The summed E-state index contributed by atoms with van der Waals surface area (Å²) in [4.78, 5) is 12.2. The van der Waals surface area contributed by atoms with Gasteiger partial charge in [0.15, 0.2) is 0 Å². The average molecular weight is 448 g/mol. The zero-order chi connectivity index (χ0) is 23.3. The minimum absolute atomic E-state index is 0.0151. The molecule has 4 heteroatoms. The van der Waals surface area contributed by atoms with Gasteiger partial charge in [-0.3, -0.25) is 4.79 Å². The Labute approximate surface area is 196 Å². The zero-order valence-corrected chi connectivity index (χ0v) is 21.3. The minimum Gasteiger partial charge on any atom is -0.393 e. The highest BCUT2D eigenvalue weighted by Gasteiger charge is 2.66. The standard InChI is InChI=1S/C28H49NO3/c1-6-15-29-25(32)10-7-18(2)21-8-9-22-20-12-13-26(3)17-19(30)11-14-27(26,4)23(20)16-24(31)28(21,22)5/h18-24,30-31H,6-17H2,1-5H3,(H,29,32)/t18-,19-,20+,21?,22+,23+,24+,26-,27-,28-/m1/s1. The Morgan fingerprint density at radius 1 is 1.06 bits per heavy atom. The average Bonchev–Trinajstić information content (AvgIpc) is 3.11. The van der Waals surface area contributed by atoms with E-state index in [0.717, 1.165) is 45.1 Å². The number of hydrogen-bond acceptors (Lipinski definition) is 3. The Morgan fingerprint density at radius 2 is 1.81 bits per heavy atom. The van der Waals surface area contributed by atoms with Crippen LogP contribution in [0.4, 0.5) is 0 Å². The van der Waals surface area contributed by atoms with Crippen molar-refractivity contribution in [2.45, 2.75) is 117 Å². The molecular formula is C28H49NO3. The summed E-state index contributed by atoms with van der Waals surface area (Å²) in [5, 5.41) is 25.1. The third kappa shape index (κ3) is 3.76. The lowest BCUT2D eigenvalue weighted by Gasteiger charge is -2.66. The number of carbonyl (C=O) groups is 1. The molecule has 0 bridgehead atoms. The summed E-state index contributed by atoms with van der Waals surface area (Å²) < 4.78 is 0. The molecule has 0 aromatic heterocycles. The van der Waals surface area contributed by atoms with Crippen LogP contribution in [-0.4, -0.2) is 34.9 Å². The van der Waals surface area contributed by atoms with Crippen molar-refractivity contribution in [3.63, 3.8) is 0 Å². The first kappa shape index (κ1) is 24.5. The van der Waals surface area contributed by atoms with Gasteiger partial charge in [-0.15, -0.1) is 0 Å². The van der Waals surface area contributed by atoms with Crippen molar-refractivity contribution in [3.05, 3.63) is 0 Å². The molecule has 184 valence electrons. The molecule has 4 rings (SSSR count). The summed E-state index contributed by atoms with van der Waals surface area (Å²) in [6.07, 6.45) is 10.9. The first-order chi connectivity index (χ1) is 15.1. The van der Waals surface area contributed by atoms with Crippen molar-refractivity contribution in [1.82, 2.24) is 5.32 Å². The molecule has 32 heavy (non-hydrogen) atoms. The molecule has 0 saturated heterocycles. The second kappa shape index (κ2) is 8.87. The summed E-state index contributed by atoms with van der Waals surface area (Å²) in [5.74, 6) is 3.06. The third-order valence-corrected chi connectivity index (χ3v) is 11.6. The molecule has 0 radical (unpaired) electrons. The van der Waals surface area contributed by atoms with Gasteiger partial charge in [-0.05, 0) is 110 Å². The predicted molar refractivity (Wildman–Crippen MR) is 129 cm³/mol. The van der Waals surface area contributed by atoms with Crippen LogP contribution in [0.5, 0.6) is 0 Å². The van der Waals surface area contributed by atoms with E-state index in [1.54, 1.807) is 0 Å². The van der Waals surface area contributed by atoms with Crippen molar-refractivity contribution in [3.8, 4) is 0 Å². The molecule has 10 atom stereocenters. The molecule has 1 unspecified atom stereocenters. The number of fused-ring (bicyclic) bond motifs is 5. The lowest BCUT2D eigenvalue weighted by atomic mass is 9.39. The largest absolute Gasteiger partial charge is 0.393 e. The van der Waals surface area contributed by atoms with Crippen molar-refractivity contribution in [2.24, 2.45) is 45.8 Å². The molecule has 0 aromatic rings. The quantitative estimate of drug-likeness (QED) is 0.517. The Hall–Kier alpha value is -0.610. The zero-order valence-electron chi connectivity index (χ0n) is 21.3. The first-order valence-corrected chi connectivity index (χ1v) is 13.7. The number of hydrogen-bond donors (Lipinski definition) is 3. The lowest BCUT2D eigenvalue weighted by molar-refractivity contribution is -0.201. The van der Waals surface area contributed by atoms with E-state index in [2.05, 4.69) is 39.9 Å². The number of aliphatic hydroxyl groups is 2. The number of nitrogens with one attached hydrogen (secondary N) is 1. The third-order valence-electron chi connectivity index (χ3n) is 11.6. The van der Waals surface area contributed by atoms with E-state index in [-0.39, 0.29) is 34.4 Å². The molecule has 4 aliphatic carbocycles. The van der Waals surface area contributed by atoms with Crippen LogP contribution in [0.15, 0.2) is 0 Å². The molecule has 3 N–H and O–H groups in total. The van der Waals surface area contributed by atoms with Crippen LogP contribution in [0, 0.1) is 45.8 Å². The molecule has 0 aliphatic heterocycles. The van der Waals surface area contributed by atoms with Crippen molar-refractivity contribution < 1.29 is 15.0 Å². The molecule has 4 saturated carbocycles. The van der Waals surface area contributed by atoms with E-state index in [4.69, 9.17) is 0 Å². The van der Waals surface area contributed by atoms with Crippen LogP contribution in [0.3, 0.4) is 0 Å². The van der Waals surface area contributed by atoms with Gasteiger partial charge >= 0.3 is 0 Å². The fourth-order valence-corrected chi connectivity index (χ4v) is 9.45. The molecule has 0 aromatic carbocycles. The molecule has 4 nitrogen and oxygen atoms in total. The van der Waals surface area contributed by atoms with Gasteiger partial charge in [-0.2, -0.15) is 0 Å². The maximum absolute atomic E-state index is 12.2. The first-order valence-electron chi connectivity index (χ1n) is 13.7. The van der Waals surface area contributed by atoms with E-state index < -0.39 is 0 Å². The fraction of sp³-hybridized carbons (Fsp3) is 0.964. The Kier molecular flexibility index (Phi) is 6.80. The van der Waals surface area contributed by atoms with Crippen LogP contribution in [0.25, 0.3) is 0 Å². The Balaban J connectivity index is 1.50. The monoisotopic (exact) mass is 447 g/mol. The predicted octanol–water partition coefficient (Wildman–Crippen LogP) is 5.31. The van der Waals surface area contributed by atoms with E-state index >= 15 is 0 Å². The van der Waals surface area contributed by atoms with Crippen LogP contribution in [0.2, 0.25) is 0 Å². The molecular weight excluding hydrogens is 398 g/mol. The van der Waals surface area contributed by atoms with E-state index in [1.165, 1.54) is 25.7 Å². The summed E-state index contributed by atoms with van der Waals surface area (Å²) >= 11 is 0. The van der Waals surface area contributed by atoms with Crippen LogP contribution in [0.1, 0.15) is 105 Å². The number of aliphatic hydroxyl groups excluding tert-OH is 2. The van der Waals surface area contributed by atoms with Gasteiger partial charge < -0.3 is 15.5 Å². The van der Waals surface area contributed by atoms with Gasteiger partial charge in [0, 0.05) is 13.0 Å². The molecule has 4 aliphatic rings. The highest BCUT2D eigenvalue weighted by atomic mass is 16.3. The maximum atomic E-state index is 12.2. The highest BCUT2D eigenvalue weighted by molar-refractivity contribution is 5.75. The second-order valence-electron chi connectivity index (χ2n) is 13.0. The molecule has 0 spiro atoms. The van der Waals surface area contributed by atoms with E-state index in [1.807, 2.05) is 0 Å². The van der Waals surface area contributed by atoms with Gasteiger partial charge in [-0.25, -0.2) is 0 Å². The number of rotatable bonds is 6. The van der Waals surface area contributed by atoms with Crippen molar-refractivity contribution >= 4 is 5.91 Å². The normalized spacial score (nSPS) is 49.0. The summed E-state index contributed by atoms with van der Waals surface area (Å²) in [5.41, 5.74) is 0.424. The number of carbonyl (C=O) groups excluding carboxylic acids is 1. The Morgan fingerprint density at radius 3 is 2.53 bits per heavy atom. The van der Waals surface area contributed by atoms with Crippen LogP contribution >= 0.6 is 0 Å². The van der Waals surface area contributed by atoms with Gasteiger partial charge in [0.25, 0.3) is 0 Å².